The molecule has 0 saturated carbocycles. The van der Waals surface area contributed by atoms with Gasteiger partial charge in [0.05, 0.1) is 52.7 Å². The molecule has 0 bridgehead atoms. The molecule has 0 atom stereocenters. The predicted molar refractivity (Wildman–Crippen MR) is 133 cm³/mol. The van der Waals surface area contributed by atoms with Gasteiger partial charge in [0.1, 0.15) is 0 Å². The van der Waals surface area contributed by atoms with Crippen LogP contribution in [-0.4, -0.2) is 60.2 Å². The summed E-state index contributed by atoms with van der Waals surface area (Å²) in [7, 11) is 2.63. The zero-order valence-corrected chi connectivity index (χ0v) is 23.5. The number of hydrogen-bond acceptors (Lipinski definition) is 9. The second kappa shape index (κ2) is 26.4. The Morgan fingerprint density at radius 2 is 1.08 bits per heavy atom. The van der Waals surface area contributed by atoms with Gasteiger partial charge in [0.25, 0.3) is 0 Å². The normalized spacial score (nSPS) is 10.8. The number of aliphatic carboxylic acids is 2. The van der Waals surface area contributed by atoms with Crippen LogP contribution in [0.5, 0.6) is 0 Å². The van der Waals surface area contributed by atoms with Crippen LogP contribution in [0.25, 0.3) is 0 Å². The van der Waals surface area contributed by atoms with E-state index in [2.05, 4.69) is 14.2 Å². The summed E-state index contributed by atoms with van der Waals surface area (Å²) in [5.74, 6) is -3.58. The molecule has 1 aliphatic rings. The van der Waals surface area contributed by atoms with Gasteiger partial charge >= 0.3 is 35.8 Å². The van der Waals surface area contributed by atoms with Crippen molar-refractivity contribution >= 4 is 35.8 Å². The topological polar surface area (TPSA) is 171 Å². The number of cyclic esters (lactones) is 2. The minimum atomic E-state index is -1.00. The average Bonchev–Trinajstić information content (AvgIpc) is 2.77. The summed E-state index contributed by atoms with van der Waals surface area (Å²) in [5.41, 5.74) is 1.98. The molecule has 1 heterocycles. The first-order chi connectivity index (χ1) is 15.9. The zero-order chi connectivity index (χ0) is 26.7. The SMILES string of the molecule is C.C.CC=C(CC(=O)O)CC(=O)O.CC=C(CC(=O)OC)CC(=O)OC.CC=C1CC(=O)OC(=O)C1.[Y]. The molecule has 209 valence electrons. The Kier molecular flexibility index (Phi) is 31.7. The fourth-order valence-electron chi connectivity index (χ4n) is 2.27. The molecule has 0 amide bonds. The minimum absolute atomic E-state index is 0. The number of rotatable bonds is 8. The van der Waals surface area contributed by atoms with Crippen molar-refractivity contribution < 1.29 is 85.9 Å². The summed E-state index contributed by atoms with van der Waals surface area (Å²) in [6.07, 6.45) is 5.44. The number of esters is 4. The zero-order valence-electron chi connectivity index (χ0n) is 20.6. The van der Waals surface area contributed by atoms with Crippen LogP contribution in [-0.2, 0) is 75.7 Å². The molecule has 2 N–H and O–H groups in total. The van der Waals surface area contributed by atoms with Gasteiger partial charge < -0.3 is 24.4 Å². The van der Waals surface area contributed by atoms with Crippen LogP contribution in [0, 0.1) is 0 Å². The van der Waals surface area contributed by atoms with E-state index in [1.165, 1.54) is 20.3 Å². The number of allylic oxidation sites excluding steroid dienone is 3. The summed E-state index contributed by atoms with van der Waals surface area (Å²) >= 11 is 0. The van der Waals surface area contributed by atoms with Gasteiger partial charge in [-0.15, -0.1) is 0 Å². The van der Waals surface area contributed by atoms with E-state index in [1.54, 1.807) is 32.9 Å². The quantitative estimate of drug-likeness (QED) is 0.177. The molecule has 0 aromatic carbocycles. The van der Waals surface area contributed by atoms with Crippen molar-refractivity contribution in [1.82, 2.24) is 0 Å². The Bertz CT molecular complexity index is 784. The van der Waals surface area contributed by atoms with E-state index < -0.39 is 23.9 Å². The van der Waals surface area contributed by atoms with Crippen molar-refractivity contribution in [2.24, 2.45) is 0 Å². The number of methoxy groups -OCH3 is 2. The second-order valence-corrected chi connectivity index (χ2v) is 6.69. The van der Waals surface area contributed by atoms with Crippen LogP contribution in [0.4, 0.5) is 0 Å². The fraction of sp³-hybridized carbons (Fsp3) is 0.520. The molecule has 1 fully saturated rings. The van der Waals surface area contributed by atoms with E-state index in [0.29, 0.717) is 11.1 Å². The smallest absolute Gasteiger partial charge is 0.317 e. The molecule has 0 aromatic rings. The predicted octanol–water partition coefficient (Wildman–Crippen LogP) is 4.01. The summed E-state index contributed by atoms with van der Waals surface area (Å²) < 4.78 is 13.2. The van der Waals surface area contributed by atoms with Gasteiger partial charge in [0, 0.05) is 32.7 Å². The summed E-state index contributed by atoms with van der Waals surface area (Å²) in [6.45, 7) is 5.20. The third-order valence-electron chi connectivity index (χ3n) is 4.15. The van der Waals surface area contributed by atoms with Gasteiger partial charge in [-0.3, -0.25) is 28.8 Å². The monoisotopic (exact) mass is 605 g/mol. The van der Waals surface area contributed by atoms with E-state index in [0.717, 1.165) is 5.57 Å². The van der Waals surface area contributed by atoms with E-state index in [-0.39, 0.29) is 98.0 Å². The van der Waals surface area contributed by atoms with Crippen molar-refractivity contribution in [3.63, 3.8) is 0 Å². The number of carbonyl (C=O) groups excluding carboxylic acids is 4. The van der Waals surface area contributed by atoms with Crippen LogP contribution in [0.1, 0.15) is 74.1 Å². The van der Waals surface area contributed by atoms with Crippen molar-refractivity contribution in [2.45, 2.75) is 74.1 Å². The van der Waals surface area contributed by atoms with E-state index >= 15 is 0 Å². The number of carbonyl (C=O) groups is 6. The Hall–Kier alpha value is -2.66. The van der Waals surface area contributed by atoms with E-state index in [9.17, 15) is 28.8 Å². The summed E-state index contributed by atoms with van der Waals surface area (Å²) in [6, 6.07) is 0. The van der Waals surface area contributed by atoms with Gasteiger partial charge in [0.15, 0.2) is 0 Å². The van der Waals surface area contributed by atoms with E-state index in [1.807, 2.05) is 0 Å². The van der Waals surface area contributed by atoms with Crippen LogP contribution in [0.2, 0.25) is 0 Å². The Morgan fingerprint density at radius 1 is 0.757 bits per heavy atom. The molecule has 0 spiro atoms. The van der Waals surface area contributed by atoms with Gasteiger partial charge in [-0.25, -0.2) is 0 Å². The standard InChI is InChI=1S/C9H14O4.C7H10O4.C7H8O3.2CH4.Y/c1-4-7(5-8(10)12-2)6-9(11)13-3;1-2-5(3-6(8)9)4-7(10)11;1-2-5-3-6(8)10-7(9)4-5;;;/h4H,5-6H2,1-3H3;2H,3-4H2,1H3,(H,8,9)(H,10,11);2H,3-4H2,1H3;2*1H4;. The molecule has 12 heteroatoms. The average molecular weight is 605 g/mol. The third-order valence-corrected chi connectivity index (χ3v) is 4.15. The summed E-state index contributed by atoms with van der Waals surface area (Å²) in [4.78, 5) is 63.0. The van der Waals surface area contributed by atoms with Crippen LogP contribution in [0.3, 0.4) is 0 Å². The number of hydrogen-bond donors (Lipinski definition) is 2. The molecular formula is C25H40O11Y. The molecule has 0 aromatic heterocycles. The number of carboxylic acid groups (broad SMARTS) is 2. The van der Waals surface area contributed by atoms with Crippen molar-refractivity contribution in [2.75, 3.05) is 14.2 Å². The molecule has 1 rings (SSSR count). The van der Waals surface area contributed by atoms with Crippen LogP contribution < -0.4 is 0 Å². The second-order valence-electron chi connectivity index (χ2n) is 6.69. The largest absolute Gasteiger partial charge is 0.481 e. The van der Waals surface area contributed by atoms with Gasteiger partial charge in [0.2, 0.25) is 0 Å². The van der Waals surface area contributed by atoms with Gasteiger partial charge in [-0.2, -0.15) is 0 Å². The van der Waals surface area contributed by atoms with Crippen molar-refractivity contribution in [3.05, 3.63) is 34.9 Å². The summed E-state index contributed by atoms with van der Waals surface area (Å²) in [5, 5.41) is 16.6. The number of ether oxygens (including phenoxy) is 3. The Labute approximate surface area is 244 Å². The first-order valence-electron chi connectivity index (χ1n) is 10.1. The van der Waals surface area contributed by atoms with Gasteiger partial charge in [-0.1, -0.05) is 49.8 Å². The Balaban J connectivity index is -0.000000134. The third kappa shape index (κ3) is 26.2. The van der Waals surface area contributed by atoms with Crippen molar-refractivity contribution in [1.29, 1.82) is 0 Å². The molecule has 1 aliphatic heterocycles. The van der Waals surface area contributed by atoms with Crippen molar-refractivity contribution in [3.8, 4) is 0 Å². The Morgan fingerprint density at radius 3 is 1.32 bits per heavy atom. The maximum atomic E-state index is 10.8. The molecule has 37 heavy (non-hydrogen) atoms. The first kappa shape index (κ1) is 44.3. The fourth-order valence-corrected chi connectivity index (χ4v) is 2.27. The number of carboxylic acids is 2. The molecule has 1 radical (unpaired) electrons. The molecular weight excluding hydrogens is 565 g/mol. The van der Waals surface area contributed by atoms with Crippen LogP contribution >= 0.6 is 0 Å². The van der Waals surface area contributed by atoms with E-state index in [4.69, 9.17) is 10.2 Å². The molecule has 0 unspecified atom stereocenters. The van der Waals surface area contributed by atoms with Crippen LogP contribution in [0.15, 0.2) is 34.9 Å². The maximum absolute atomic E-state index is 10.8. The maximum Gasteiger partial charge on any atom is 0.317 e. The van der Waals surface area contributed by atoms with Gasteiger partial charge in [-0.05, 0) is 20.8 Å². The molecule has 11 nitrogen and oxygen atoms in total. The first-order valence-corrected chi connectivity index (χ1v) is 10.1. The molecule has 0 aliphatic carbocycles. The minimum Gasteiger partial charge on any atom is -0.481 e. The molecule has 1 saturated heterocycles.